The Hall–Kier alpha value is -3.22. The first kappa shape index (κ1) is 15.3. The van der Waals surface area contributed by atoms with Gasteiger partial charge in [-0.05, 0) is 30.7 Å². The van der Waals surface area contributed by atoms with Gasteiger partial charge >= 0.3 is 0 Å². The van der Waals surface area contributed by atoms with Crippen LogP contribution in [-0.2, 0) is 11.3 Å². The first-order chi connectivity index (χ1) is 12.3. The Balaban J connectivity index is 1.40. The maximum atomic E-state index is 12.1. The van der Waals surface area contributed by atoms with Crippen molar-refractivity contribution in [3.8, 4) is 17.1 Å². The number of carbonyl (C=O) groups is 1. The lowest BCUT2D eigenvalue weighted by atomic mass is 10.2. The van der Waals surface area contributed by atoms with Crippen molar-refractivity contribution in [3.63, 3.8) is 0 Å². The van der Waals surface area contributed by atoms with Crippen LogP contribution in [0.5, 0.6) is 5.75 Å². The van der Waals surface area contributed by atoms with Gasteiger partial charge in [0.25, 0.3) is 5.91 Å². The minimum Gasteiger partial charge on any atom is -0.482 e. The average molecular weight is 335 g/mol. The molecule has 2 aromatic heterocycles. The number of anilines is 1. The van der Waals surface area contributed by atoms with Crippen molar-refractivity contribution in [2.75, 3.05) is 18.1 Å². The number of aromatic nitrogens is 4. The average Bonchev–Trinajstić information content (AvgIpc) is 3.13. The number of ether oxygens (including phenoxy) is 1. The van der Waals surface area contributed by atoms with E-state index < -0.39 is 0 Å². The Morgan fingerprint density at radius 2 is 1.92 bits per heavy atom. The molecule has 7 heteroatoms. The Labute approximate surface area is 144 Å². The molecule has 4 rings (SSSR count). The smallest absolute Gasteiger partial charge is 0.265 e. The number of benzene rings is 1. The van der Waals surface area contributed by atoms with Crippen molar-refractivity contribution in [2.24, 2.45) is 0 Å². The summed E-state index contributed by atoms with van der Waals surface area (Å²) < 4.78 is 7.24. The van der Waals surface area contributed by atoms with Gasteiger partial charge in [-0.15, -0.1) is 5.10 Å². The molecule has 126 valence electrons. The van der Waals surface area contributed by atoms with Gasteiger partial charge in [0, 0.05) is 19.3 Å². The zero-order valence-electron chi connectivity index (χ0n) is 13.6. The minimum absolute atomic E-state index is 0.0218. The number of aryl methyl sites for hydroxylation is 1. The number of carbonyl (C=O) groups excluding carboxylic acids is 1. The molecule has 0 unspecified atom stereocenters. The number of fused-ring (bicyclic) bond motifs is 1. The van der Waals surface area contributed by atoms with E-state index in [2.05, 4.69) is 15.3 Å². The second-order valence-electron chi connectivity index (χ2n) is 5.74. The van der Waals surface area contributed by atoms with Crippen molar-refractivity contribution < 1.29 is 9.53 Å². The quantitative estimate of drug-likeness (QED) is 0.714. The highest BCUT2D eigenvalue weighted by molar-refractivity contribution is 5.97. The van der Waals surface area contributed by atoms with Crippen molar-refractivity contribution in [2.45, 2.75) is 13.0 Å². The Morgan fingerprint density at radius 3 is 2.80 bits per heavy atom. The molecule has 7 nitrogen and oxygen atoms in total. The third kappa shape index (κ3) is 3.21. The van der Waals surface area contributed by atoms with E-state index in [9.17, 15) is 4.79 Å². The topological polar surface area (TPSA) is 73.1 Å². The summed E-state index contributed by atoms with van der Waals surface area (Å²) >= 11 is 0. The summed E-state index contributed by atoms with van der Waals surface area (Å²) in [6.45, 7) is 1.37. The van der Waals surface area contributed by atoms with Gasteiger partial charge in [0.1, 0.15) is 11.4 Å². The molecule has 3 aromatic rings. The van der Waals surface area contributed by atoms with E-state index in [1.54, 1.807) is 15.8 Å². The molecular weight excluding hydrogens is 318 g/mol. The number of rotatable bonds is 5. The van der Waals surface area contributed by atoms with E-state index in [1.807, 2.05) is 48.7 Å². The second kappa shape index (κ2) is 6.72. The van der Waals surface area contributed by atoms with Crippen molar-refractivity contribution in [3.05, 3.63) is 54.9 Å². The fourth-order valence-corrected chi connectivity index (χ4v) is 2.83. The van der Waals surface area contributed by atoms with Crippen LogP contribution in [0, 0.1) is 0 Å². The van der Waals surface area contributed by atoms with Gasteiger partial charge in [-0.2, -0.15) is 0 Å². The van der Waals surface area contributed by atoms with Crippen LogP contribution in [0.3, 0.4) is 0 Å². The molecule has 0 radical (unpaired) electrons. The molecule has 0 aliphatic carbocycles. The number of para-hydroxylation sites is 2. The van der Waals surface area contributed by atoms with E-state index in [-0.39, 0.29) is 12.5 Å². The fourth-order valence-electron chi connectivity index (χ4n) is 2.83. The molecule has 0 spiro atoms. The predicted octanol–water partition coefficient (Wildman–Crippen LogP) is 2.16. The van der Waals surface area contributed by atoms with E-state index >= 15 is 0 Å². The molecule has 0 bridgehead atoms. The minimum atomic E-state index is -0.0218. The highest BCUT2D eigenvalue weighted by Gasteiger charge is 2.24. The summed E-state index contributed by atoms with van der Waals surface area (Å²) in [6, 6.07) is 13.3. The Bertz CT molecular complexity index is 878. The Morgan fingerprint density at radius 1 is 1.04 bits per heavy atom. The van der Waals surface area contributed by atoms with Gasteiger partial charge < -0.3 is 9.64 Å². The lowest BCUT2D eigenvalue weighted by Crippen LogP contribution is -2.39. The van der Waals surface area contributed by atoms with E-state index in [1.165, 1.54) is 0 Å². The summed E-state index contributed by atoms with van der Waals surface area (Å²) in [7, 11) is 0. The number of amides is 1. The van der Waals surface area contributed by atoms with Crippen LogP contribution < -0.4 is 9.64 Å². The molecular formula is C18H17N5O2. The summed E-state index contributed by atoms with van der Waals surface area (Å²) in [5, 5.41) is 8.29. The highest BCUT2D eigenvalue weighted by Crippen LogP contribution is 2.31. The van der Waals surface area contributed by atoms with Gasteiger partial charge in [-0.3, -0.25) is 14.5 Å². The molecule has 1 aliphatic heterocycles. The monoisotopic (exact) mass is 335 g/mol. The van der Waals surface area contributed by atoms with E-state index in [0.29, 0.717) is 13.1 Å². The summed E-state index contributed by atoms with van der Waals surface area (Å²) in [5.74, 6) is 0.728. The van der Waals surface area contributed by atoms with E-state index in [0.717, 1.165) is 29.2 Å². The maximum absolute atomic E-state index is 12.1. The first-order valence-corrected chi connectivity index (χ1v) is 8.15. The molecule has 1 aliphatic rings. The van der Waals surface area contributed by atoms with Gasteiger partial charge in [-0.25, -0.2) is 0 Å². The number of hydrogen-bond donors (Lipinski definition) is 0. The number of pyridine rings is 1. The van der Waals surface area contributed by atoms with Crippen LogP contribution in [0.1, 0.15) is 6.42 Å². The zero-order valence-corrected chi connectivity index (χ0v) is 13.6. The molecule has 1 aromatic carbocycles. The van der Waals surface area contributed by atoms with E-state index in [4.69, 9.17) is 4.74 Å². The molecule has 0 fully saturated rings. The van der Waals surface area contributed by atoms with Crippen LogP contribution in [0.25, 0.3) is 11.4 Å². The third-order valence-electron chi connectivity index (χ3n) is 4.04. The molecule has 0 saturated carbocycles. The standard InChI is InChI=1S/C18H17N5O2/c24-18-13-25-17-8-2-1-7-16(17)23(18)11-5-10-22-12-15(20-21-22)14-6-3-4-9-19-14/h1-4,6-9,12H,5,10-11,13H2. The molecule has 3 heterocycles. The zero-order chi connectivity index (χ0) is 17.1. The molecule has 25 heavy (non-hydrogen) atoms. The number of hydrogen-bond acceptors (Lipinski definition) is 5. The molecule has 0 N–H and O–H groups in total. The lowest BCUT2D eigenvalue weighted by Gasteiger charge is -2.29. The predicted molar refractivity (Wildman–Crippen MR) is 92.2 cm³/mol. The molecule has 0 atom stereocenters. The van der Waals surface area contributed by atoms with Crippen LogP contribution in [0.15, 0.2) is 54.9 Å². The maximum Gasteiger partial charge on any atom is 0.265 e. The first-order valence-electron chi connectivity index (χ1n) is 8.15. The van der Waals surface area contributed by atoms with Crippen LogP contribution in [0.4, 0.5) is 5.69 Å². The van der Waals surface area contributed by atoms with Gasteiger partial charge in [-0.1, -0.05) is 23.4 Å². The van der Waals surface area contributed by atoms with Crippen molar-refractivity contribution >= 4 is 11.6 Å². The second-order valence-corrected chi connectivity index (χ2v) is 5.74. The van der Waals surface area contributed by atoms with Crippen LogP contribution in [-0.4, -0.2) is 39.0 Å². The van der Waals surface area contributed by atoms with Gasteiger partial charge in [0.15, 0.2) is 6.61 Å². The molecule has 1 amide bonds. The third-order valence-corrected chi connectivity index (χ3v) is 4.04. The van der Waals surface area contributed by atoms with Gasteiger partial charge in [0.2, 0.25) is 0 Å². The summed E-state index contributed by atoms with van der Waals surface area (Å²) in [6.07, 6.45) is 4.37. The SMILES string of the molecule is O=C1COc2ccccc2N1CCCn1cc(-c2ccccn2)nn1. The Kier molecular flexibility index (Phi) is 4.12. The fraction of sp³-hybridized carbons (Fsp3) is 0.222. The number of nitrogens with zero attached hydrogens (tertiary/aromatic N) is 5. The highest BCUT2D eigenvalue weighted by atomic mass is 16.5. The normalized spacial score (nSPS) is 13.4. The van der Waals surface area contributed by atoms with Crippen LogP contribution in [0.2, 0.25) is 0 Å². The van der Waals surface area contributed by atoms with Gasteiger partial charge in [0.05, 0.1) is 17.6 Å². The van der Waals surface area contributed by atoms with Crippen molar-refractivity contribution in [1.29, 1.82) is 0 Å². The summed E-state index contributed by atoms with van der Waals surface area (Å²) in [5.41, 5.74) is 2.37. The lowest BCUT2D eigenvalue weighted by molar-refractivity contribution is -0.121. The van der Waals surface area contributed by atoms with Crippen molar-refractivity contribution in [1.82, 2.24) is 20.0 Å². The largest absolute Gasteiger partial charge is 0.482 e. The summed E-state index contributed by atoms with van der Waals surface area (Å²) in [4.78, 5) is 18.2. The molecule has 0 saturated heterocycles. The van der Waals surface area contributed by atoms with Crippen LogP contribution >= 0.6 is 0 Å².